The van der Waals surface area contributed by atoms with Crippen LogP contribution in [0, 0.1) is 0 Å². The van der Waals surface area contributed by atoms with Crippen LogP contribution in [0.2, 0.25) is 0 Å². The van der Waals surface area contributed by atoms with Crippen molar-refractivity contribution in [3.8, 4) is 0 Å². The Hall–Kier alpha value is -2.95. The van der Waals surface area contributed by atoms with E-state index in [9.17, 15) is 33.1 Å². The molecule has 5 atom stereocenters. The summed E-state index contributed by atoms with van der Waals surface area (Å²) in [6.07, 6.45) is -2.84. The van der Waals surface area contributed by atoms with E-state index in [2.05, 4.69) is 28.2 Å². The quantitative estimate of drug-likeness (QED) is 0.0732. The number of nitrogens with zero attached hydrogens (tertiary/aromatic N) is 5. The van der Waals surface area contributed by atoms with Crippen LogP contribution in [0.4, 0.5) is 5.82 Å². The number of carbonyl (C=O) groups is 1. The molecule has 20 nitrogen and oxygen atoms in total. The Morgan fingerprint density at radius 1 is 1.18 bits per heavy atom. The van der Waals surface area contributed by atoms with Gasteiger partial charge in [-0.15, -0.1) is 0 Å². The number of azide groups is 1. The van der Waals surface area contributed by atoms with Crippen molar-refractivity contribution in [2.24, 2.45) is 5.11 Å². The first-order chi connectivity index (χ1) is 18.6. The van der Waals surface area contributed by atoms with Crippen LogP contribution in [0.1, 0.15) is 28.6 Å². The molecule has 2 aromatic rings. The highest BCUT2D eigenvalue weighted by molar-refractivity contribution is 7.66. The van der Waals surface area contributed by atoms with Crippen LogP contribution in [0.3, 0.4) is 0 Å². The van der Waals surface area contributed by atoms with E-state index in [1.54, 1.807) is 6.07 Å². The van der Waals surface area contributed by atoms with Crippen LogP contribution in [0.15, 0.2) is 46.4 Å². The maximum Gasteiger partial charge on any atom is 0.490 e. The monoisotopic (exact) mass is 626 g/mol. The van der Waals surface area contributed by atoms with Crippen molar-refractivity contribution in [2.75, 3.05) is 12.3 Å². The number of hydrogen-bond acceptors (Lipinski definition) is 13. The summed E-state index contributed by atoms with van der Waals surface area (Å²) in [7, 11) is -16.9. The normalized spacial score (nSPS) is 22.1. The van der Waals surface area contributed by atoms with Gasteiger partial charge in [-0.2, -0.15) is 13.6 Å². The number of esters is 1. The molecule has 1 aromatic carbocycles. The second-order valence-corrected chi connectivity index (χ2v) is 12.2. The molecule has 0 aliphatic carbocycles. The molecular formula is C17H21N6O14P3. The molecule has 0 radical (unpaired) electrons. The first-order valence-corrected chi connectivity index (χ1v) is 15.2. The zero-order valence-corrected chi connectivity index (χ0v) is 22.5. The summed E-state index contributed by atoms with van der Waals surface area (Å²) < 4.78 is 58.6. The topological polar surface area (TPSA) is 305 Å². The lowest BCUT2D eigenvalue weighted by atomic mass is 10.1. The predicted molar refractivity (Wildman–Crippen MR) is 130 cm³/mol. The number of ether oxygens (including phenoxy) is 2. The number of rotatable bonds is 12. The van der Waals surface area contributed by atoms with Crippen molar-refractivity contribution in [2.45, 2.75) is 31.4 Å². The zero-order valence-electron chi connectivity index (χ0n) is 19.8. The van der Waals surface area contributed by atoms with Crippen molar-refractivity contribution >= 4 is 35.3 Å². The molecule has 1 fully saturated rings. The van der Waals surface area contributed by atoms with Gasteiger partial charge in [0.05, 0.1) is 18.7 Å². The van der Waals surface area contributed by atoms with E-state index in [0.29, 0.717) is 5.56 Å². The fraction of sp³-hybridized carbons (Fsp3) is 0.353. The molecule has 23 heteroatoms. The van der Waals surface area contributed by atoms with Crippen molar-refractivity contribution in [3.05, 3.63) is 68.6 Å². The van der Waals surface area contributed by atoms with Crippen LogP contribution in [-0.4, -0.2) is 53.9 Å². The molecule has 0 saturated carbocycles. The Labute approximate surface area is 223 Å². The lowest BCUT2D eigenvalue weighted by Gasteiger charge is -2.21. The average molecular weight is 626 g/mol. The number of phosphoric ester groups is 1. The highest BCUT2D eigenvalue weighted by atomic mass is 31.3. The Bertz CT molecular complexity index is 1510. The minimum atomic E-state index is -5.79. The summed E-state index contributed by atoms with van der Waals surface area (Å²) in [6.45, 7) is -1.15. The Balaban J connectivity index is 1.82. The van der Waals surface area contributed by atoms with E-state index >= 15 is 0 Å². The van der Waals surface area contributed by atoms with Crippen LogP contribution in [0.5, 0.6) is 0 Å². The summed E-state index contributed by atoms with van der Waals surface area (Å²) in [5, 5.41) is 3.41. The van der Waals surface area contributed by atoms with E-state index in [1.807, 2.05) is 0 Å². The SMILES string of the molecule is [N-]=[N+]=NCc1ccccc1C(=O)O[C@@H]1C[C@H](n2ccc(N)nc2=O)O[C@@H]1COP(=O)(O)OP(=O)(O)OP(=O)(O)O. The zero-order chi connectivity index (χ0) is 29.7. The lowest BCUT2D eigenvalue weighted by molar-refractivity contribution is -0.0511. The minimum Gasteiger partial charge on any atom is -0.456 e. The standard InChI is InChI=1S/C17H21N6O14P3/c18-14-5-6-23(17(25)21-14)15-7-12(35-16(24)11-4-2-1-3-10(11)8-20-22-19)13(34-15)9-33-39(29,30)37-40(31,32)36-38(26,27)28/h1-6,12-13,15H,7-9H2,(H,29,30)(H,31,32)(H2,18,21,25)(H2,26,27,28)/t12-,13-,15-/m1/s1. The minimum absolute atomic E-state index is 0.0105. The first-order valence-electron chi connectivity index (χ1n) is 10.7. The predicted octanol–water partition coefficient (Wildman–Crippen LogP) is 1.49. The Morgan fingerprint density at radius 3 is 2.52 bits per heavy atom. The lowest BCUT2D eigenvalue weighted by Crippen LogP contribution is -2.31. The summed E-state index contributed by atoms with van der Waals surface area (Å²) in [5.74, 6) is -1.02. The molecule has 2 unspecified atom stereocenters. The first kappa shape index (κ1) is 31.6. The summed E-state index contributed by atoms with van der Waals surface area (Å²) in [6, 6.07) is 7.26. The number of aromatic nitrogens is 2. The third-order valence-corrected chi connectivity index (χ3v) is 8.76. The number of nitrogens with two attached hydrogens (primary N) is 1. The van der Waals surface area contributed by atoms with Crippen LogP contribution < -0.4 is 11.4 Å². The second kappa shape index (κ2) is 12.7. The van der Waals surface area contributed by atoms with Gasteiger partial charge in [0.15, 0.2) is 0 Å². The van der Waals surface area contributed by atoms with E-state index in [-0.39, 0.29) is 24.3 Å². The Morgan fingerprint density at radius 2 is 1.88 bits per heavy atom. The van der Waals surface area contributed by atoms with Gasteiger partial charge in [0.25, 0.3) is 0 Å². The van der Waals surface area contributed by atoms with Crippen LogP contribution >= 0.6 is 23.5 Å². The van der Waals surface area contributed by atoms with Crippen LogP contribution in [0.25, 0.3) is 10.4 Å². The van der Waals surface area contributed by atoms with Gasteiger partial charge in [0.2, 0.25) is 0 Å². The molecule has 6 N–H and O–H groups in total. The highest BCUT2D eigenvalue weighted by Crippen LogP contribution is 2.66. The molecule has 3 rings (SSSR count). The molecule has 1 aliphatic rings. The fourth-order valence-corrected chi connectivity index (χ4v) is 6.46. The number of anilines is 1. The number of nitrogen functional groups attached to an aromatic ring is 1. The molecule has 0 bridgehead atoms. The average Bonchev–Trinajstić information content (AvgIpc) is 3.21. The van der Waals surface area contributed by atoms with Gasteiger partial charge < -0.3 is 34.8 Å². The Kier molecular flexibility index (Phi) is 10.0. The highest BCUT2D eigenvalue weighted by Gasteiger charge is 2.44. The molecule has 218 valence electrons. The van der Waals surface area contributed by atoms with Gasteiger partial charge >= 0.3 is 35.1 Å². The van der Waals surface area contributed by atoms with Crippen molar-refractivity contribution in [1.82, 2.24) is 9.55 Å². The fourth-order valence-electron chi connectivity index (χ4n) is 3.43. The van der Waals surface area contributed by atoms with E-state index in [1.165, 1.54) is 30.5 Å². The third-order valence-electron chi connectivity index (χ3n) is 4.96. The smallest absolute Gasteiger partial charge is 0.456 e. The summed E-state index contributed by atoms with van der Waals surface area (Å²) in [5.41, 5.74) is 13.5. The molecule has 0 spiro atoms. The van der Waals surface area contributed by atoms with E-state index in [0.717, 1.165) is 4.57 Å². The molecule has 2 heterocycles. The van der Waals surface area contributed by atoms with Crippen LogP contribution in [-0.2, 0) is 42.9 Å². The van der Waals surface area contributed by atoms with E-state index in [4.69, 9.17) is 30.5 Å². The van der Waals surface area contributed by atoms with Gasteiger partial charge in [0.1, 0.15) is 24.3 Å². The van der Waals surface area contributed by atoms with E-state index < -0.39 is 60.2 Å². The van der Waals surface area contributed by atoms with Gasteiger partial charge in [-0.05, 0) is 23.2 Å². The van der Waals surface area contributed by atoms with Gasteiger partial charge in [-0.25, -0.2) is 23.3 Å². The number of phosphoric acid groups is 3. The van der Waals surface area contributed by atoms with Crippen molar-refractivity contribution in [3.63, 3.8) is 0 Å². The van der Waals surface area contributed by atoms with Crippen molar-refractivity contribution in [1.29, 1.82) is 0 Å². The molecule has 0 amide bonds. The maximum absolute atomic E-state index is 13.0. The molecular weight excluding hydrogens is 605 g/mol. The third kappa shape index (κ3) is 9.04. The molecule has 40 heavy (non-hydrogen) atoms. The second-order valence-electron chi connectivity index (χ2n) is 7.78. The van der Waals surface area contributed by atoms with Gasteiger partial charge in [0, 0.05) is 17.5 Å². The summed E-state index contributed by atoms with van der Waals surface area (Å²) in [4.78, 5) is 67.8. The molecule has 1 aromatic heterocycles. The van der Waals surface area contributed by atoms with Gasteiger partial charge in [-0.1, -0.05) is 23.3 Å². The summed E-state index contributed by atoms with van der Waals surface area (Å²) >= 11 is 0. The maximum atomic E-state index is 13.0. The molecule has 1 aliphatic heterocycles. The molecule has 1 saturated heterocycles. The van der Waals surface area contributed by atoms with Crippen molar-refractivity contribution < 1.29 is 60.7 Å². The number of carbonyl (C=O) groups excluding carboxylic acids is 1. The van der Waals surface area contributed by atoms with Gasteiger partial charge in [-0.3, -0.25) is 9.09 Å². The number of benzene rings is 1. The number of hydrogen-bond donors (Lipinski definition) is 5. The largest absolute Gasteiger partial charge is 0.490 e.